The molecule has 0 unspecified atom stereocenters. The number of benzene rings is 1. The van der Waals surface area contributed by atoms with Crippen molar-refractivity contribution in [1.29, 1.82) is 0 Å². The van der Waals surface area contributed by atoms with Crippen molar-refractivity contribution in [2.45, 2.75) is 6.04 Å². The molecule has 0 spiro atoms. The number of thiazole rings is 1. The second kappa shape index (κ2) is 6.29. The Balaban J connectivity index is 1.84. The summed E-state index contributed by atoms with van der Waals surface area (Å²) in [6.07, 6.45) is 1.40. The van der Waals surface area contributed by atoms with Crippen LogP contribution in [0.25, 0.3) is 4.96 Å². The van der Waals surface area contributed by atoms with E-state index in [1.54, 1.807) is 12.1 Å². The van der Waals surface area contributed by atoms with E-state index < -0.39 is 5.82 Å². The van der Waals surface area contributed by atoms with E-state index in [0.29, 0.717) is 36.1 Å². The van der Waals surface area contributed by atoms with Crippen molar-refractivity contribution in [3.05, 3.63) is 45.8 Å². The molecule has 1 atom stereocenters. The Labute approximate surface area is 146 Å². The first kappa shape index (κ1) is 15.8. The predicted octanol–water partition coefficient (Wildman–Crippen LogP) is 2.71. The van der Waals surface area contributed by atoms with Crippen LogP contribution in [0.4, 0.5) is 4.39 Å². The molecule has 3 aromatic rings. The molecule has 4 rings (SSSR count). The molecule has 0 bridgehead atoms. The third-order valence-corrected chi connectivity index (χ3v) is 5.43. The first-order valence-corrected chi connectivity index (χ1v) is 8.62. The second-order valence-corrected chi connectivity index (χ2v) is 6.89. The second-order valence-electron chi connectivity index (χ2n) is 5.47. The average molecular weight is 369 g/mol. The number of aromatic nitrogens is 3. The Morgan fingerprint density at radius 1 is 1.33 bits per heavy atom. The van der Waals surface area contributed by atoms with Gasteiger partial charge in [-0.25, -0.2) is 9.37 Å². The van der Waals surface area contributed by atoms with E-state index in [9.17, 15) is 9.50 Å². The SMILES string of the molecule is Oc1c([C@H](c2ccc(F)c(Cl)c2)N2CCOCC2)sc2ncnn12. The summed E-state index contributed by atoms with van der Waals surface area (Å²) in [5.41, 5.74) is 0.808. The van der Waals surface area contributed by atoms with E-state index in [4.69, 9.17) is 16.3 Å². The van der Waals surface area contributed by atoms with Gasteiger partial charge in [0.2, 0.25) is 10.8 Å². The monoisotopic (exact) mass is 368 g/mol. The number of hydrogen-bond acceptors (Lipinski definition) is 6. The van der Waals surface area contributed by atoms with Crippen LogP contribution in [0.5, 0.6) is 5.88 Å². The summed E-state index contributed by atoms with van der Waals surface area (Å²) in [5, 5.41) is 14.7. The molecule has 1 aromatic carbocycles. The van der Waals surface area contributed by atoms with Gasteiger partial charge in [-0.1, -0.05) is 29.0 Å². The lowest BCUT2D eigenvalue weighted by atomic mass is 10.0. The van der Waals surface area contributed by atoms with Gasteiger partial charge in [0.25, 0.3) is 0 Å². The zero-order chi connectivity index (χ0) is 16.7. The normalized spacial score (nSPS) is 17.4. The molecule has 9 heteroatoms. The van der Waals surface area contributed by atoms with Crippen molar-refractivity contribution in [2.24, 2.45) is 0 Å². The van der Waals surface area contributed by atoms with Crippen LogP contribution < -0.4 is 0 Å². The molecule has 1 N–H and O–H groups in total. The molecule has 2 aromatic heterocycles. The van der Waals surface area contributed by atoms with Crippen molar-refractivity contribution < 1.29 is 14.2 Å². The summed E-state index contributed by atoms with van der Waals surface area (Å²) < 4.78 is 20.4. The molecule has 0 amide bonds. The quantitative estimate of drug-likeness (QED) is 0.770. The highest BCUT2D eigenvalue weighted by atomic mass is 35.5. The van der Waals surface area contributed by atoms with Gasteiger partial charge in [0.15, 0.2) is 0 Å². The van der Waals surface area contributed by atoms with Crippen molar-refractivity contribution >= 4 is 27.9 Å². The molecule has 1 fully saturated rings. The Hall–Kier alpha value is -1.74. The molecule has 126 valence electrons. The van der Waals surface area contributed by atoms with Crippen molar-refractivity contribution in [1.82, 2.24) is 19.5 Å². The molecule has 6 nitrogen and oxygen atoms in total. The van der Waals surface area contributed by atoms with Gasteiger partial charge in [0.1, 0.15) is 12.1 Å². The predicted molar refractivity (Wildman–Crippen MR) is 88.2 cm³/mol. The topological polar surface area (TPSA) is 62.9 Å². The number of fused-ring (bicyclic) bond motifs is 1. The van der Waals surface area contributed by atoms with Crippen LogP contribution in [0.15, 0.2) is 24.5 Å². The zero-order valence-electron chi connectivity index (χ0n) is 12.5. The number of halogens is 2. The summed E-state index contributed by atoms with van der Waals surface area (Å²) in [7, 11) is 0. The van der Waals surface area contributed by atoms with Gasteiger partial charge in [-0.05, 0) is 17.7 Å². The highest BCUT2D eigenvalue weighted by molar-refractivity contribution is 7.17. The fourth-order valence-corrected chi connectivity index (χ4v) is 4.20. The first-order chi connectivity index (χ1) is 11.6. The fourth-order valence-electron chi connectivity index (χ4n) is 2.92. The van der Waals surface area contributed by atoms with E-state index in [1.807, 2.05) is 0 Å². The molecular weight excluding hydrogens is 355 g/mol. The van der Waals surface area contributed by atoms with Crippen LogP contribution in [-0.4, -0.2) is 50.9 Å². The lowest BCUT2D eigenvalue weighted by molar-refractivity contribution is 0.0241. The van der Waals surface area contributed by atoms with E-state index in [-0.39, 0.29) is 16.9 Å². The highest BCUT2D eigenvalue weighted by Crippen LogP contribution is 2.40. The molecular formula is C15H14ClFN4O2S. The van der Waals surface area contributed by atoms with Gasteiger partial charge in [0.05, 0.1) is 29.2 Å². The lowest BCUT2D eigenvalue weighted by Gasteiger charge is -2.34. The van der Waals surface area contributed by atoms with Gasteiger partial charge < -0.3 is 9.84 Å². The van der Waals surface area contributed by atoms with E-state index in [1.165, 1.54) is 28.2 Å². The van der Waals surface area contributed by atoms with E-state index in [2.05, 4.69) is 15.0 Å². The minimum Gasteiger partial charge on any atom is -0.492 e. The Bertz CT molecular complexity index is 878. The van der Waals surface area contributed by atoms with Gasteiger partial charge in [-0.3, -0.25) is 4.90 Å². The van der Waals surface area contributed by atoms with Crippen LogP contribution >= 0.6 is 22.9 Å². The van der Waals surface area contributed by atoms with Crippen LogP contribution in [0, 0.1) is 5.82 Å². The van der Waals surface area contributed by atoms with Gasteiger partial charge in [-0.15, -0.1) is 0 Å². The van der Waals surface area contributed by atoms with Crippen molar-refractivity contribution in [2.75, 3.05) is 26.3 Å². The fraction of sp³-hybridized carbons (Fsp3) is 0.333. The third kappa shape index (κ3) is 2.65. The molecule has 0 aliphatic carbocycles. The summed E-state index contributed by atoms with van der Waals surface area (Å²) in [6, 6.07) is 4.38. The number of nitrogens with zero attached hydrogens (tertiary/aromatic N) is 4. The molecule has 1 aliphatic heterocycles. The highest BCUT2D eigenvalue weighted by Gasteiger charge is 2.30. The van der Waals surface area contributed by atoms with E-state index >= 15 is 0 Å². The summed E-state index contributed by atoms with van der Waals surface area (Å²) >= 11 is 7.33. The van der Waals surface area contributed by atoms with Gasteiger partial charge in [0, 0.05) is 13.1 Å². The minimum atomic E-state index is -0.465. The average Bonchev–Trinajstić information content (AvgIpc) is 3.16. The molecule has 24 heavy (non-hydrogen) atoms. The molecule has 3 heterocycles. The first-order valence-electron chi connectivity index (χ1n) is 7.43. The zero-order valence-corrected chi connectivity index (χ0v) is 14.1. The number of rotatable bonds is 3. The minimum absolute atomic E-state index is 0.0458. The number of aromatic hydroxyl groups is 1. The van der Waals surface area contributed by atoms with Crippen molar-refractivity contribution in [3.8, 4) is 5.88 Å². The standard InChI is InChI=1S/C15H14ClFN4O2S/c16-10-7-9(1-2-11(10)17)12(20-3-5-23-6-4-20)13-14(22)21-15(24-13)18-8-19-21/h1-2,7-8,12,22H,3-6H2/t12-/m0/s1. The lowest BCUT2D eigenvalue weighted by Crippen LogP contribution is -2.39. The number of morpholine rings is 1. The molecule has 1 aliphatic rings. The summed E-state index contributed by atoms with van der Waals surface area (Å²) in [5.74, 6) is -0.419. The van der Waals surface area contributed by atoms with Crippen LogP contribution in [0.3, 0.4) is 0 Å². The van der Waals surface area contributed by atoms with Gasteiger partial charge >= 0.3 is 0 Å². The maximum absolute atomic E-state index is 13.6. The summed E-state index contributed by atoms with van der Waals surface area (Å²) in [6.45, 7) is 2.61. The Morgan fingerprint density at radius 3 is 2.83 bits per heavy atom. The Kier molecular flexibility index (Phi) is 4.13. The van der Waals surface area contributed by atoms with Crippen LogP contribution in [0.2, 0.25) is 5.02 Å². The van der Waals surface area contributed by atoms with Crippen molar-refractivity contribution in [3.63, 3.8) is 0 Å². The third-order valence-electron chi connectivity index (χ3n) is 4.06. The maximum Gasteiger partial charge on any atom is 0.230 e. The molecule has 1 saturated heterocycles. The number of ether oxygens (including phenoxy) is 1. The van der Waals surface area contributed by atoms with Gasteiger partial charge in [-0.2, -0.15) is 9.61 Å². The number of hydrogen-bond donors (Lipinski definition) is 1. The smallest absolute Gasteiger partial charge is 0.230 e. The molecule has 0 saturated carbocycles. The van der Waals surface area contributed by atoms with Crippen LogP contribution in [0.1, 0.15) is 16.5 Å². The van der Waals surface area contributed by atoms with Crippen LogP contribution in [-0.2, 0) is 4.74 Å². The Morgan fingerprint density at radius 2 is 2.12 bits per heavy atom. The van der Waals surface area contributed by atoms with E-state index in [0.717, 1.165) is 5.56 Å². The largest absolute Gasteiger partial charge is 0.492 e. The molecule has 0 radical (unpaired) electrons. The maximum atomic E-state index is 13.6. The summed E-state index contributed by atoms with van der Waals surface area (Å²) in [4.78, 5) is 7.62.